The Hall–Kier alpha value is -1.14. The number of aryl methyl sites for hydroxylation is 1. The highest BCUT2D eigenvalue weighted by molar-refractivity contribution is 9.10. The van der Waals surface area contributed by atoms with Crippen LogP contribution in [-0.4, -0.2) is 39.8 Å². The van der Waals surface area contributed by atoms with Crippen molar-refractivity contribution in [1.29, 1.82) is 0 Å². The number of hydrogen-bond acceptors (Lipinski definition) is 4. The molecule has 0 amide bonds. The number of rotatable bonds is 1. The number of aromatic nitrogens is 3. The summed E-state index contributed by atoms with van der Waals surface area (Å²) >= 11 is 3.40. The average molecular weight is 324 g/mol. The molecule has 0 aliphatic carbocycles. The van der Waals surface area contributed by atoms with Crippen LogP contribution in [0.15, 0.2) is 16.9 Å². The van der Waals surface area contributed by atoms with Gasteiger partial charge >= 0.3 is 0 Å². The van der Waals surface area contributed by atoms with Crippen molar-refractivity contribution in [3.63, 3.8) is 0 Å². The quantitative estimate of drug-likeness (QED) is 0.871. The topological polar surface area (TPSA) is 45.5 Å². The second kappa shape index (κ2) is 4.45. The Balaban J connectivity index is 2.00. The number of nitrogens with one attached hydrogen (secondary N) is 1. The minimum atomic E-state index is 0.123. The summed E-state index contributed by atoms with van der Waals surface area (Å²) in [4.78, 5) is 6.74. The van der Waals surface area contributed by atoms with Crippen LogP contribution in [0.2, 0.25) is 0 Å². The van der Waals surface area contributed by atoms with E-state index in [0.29, 0.717) is 0 Å². The van der Waals surface area contributed by atoms with E-state index in [1.165, 1.54) is 0 Å². The van der Waals surface area contributed by atoms with Gasteiger partial charge in [0, 0.05) is 25.2 Å². The predicted octanol–water partition coefficient (Wildman–Crippen LogP) is 1.99. The molecule has 3 rings (SSSR count). The molecule has 3 heterocycles. The zero-order chi connectivity index (χ0) is 13.6. The number of piperazine rings is 1. The maximum absolute atomic E-state index is 4.67. The molecule has 6 heteroatoms. The smallest absolute Gasteiger partial charge is 0.157 e. The summed E-state index contributed by atoms with van der Waals surface area (Å²) in [5.41, 5.74) is 2.18. The lowest BCUT2D eigenvalue weighted by Gasteiger charge is -2.39. The van der Waals surface area contributed by atoms with E-state index in [9.17, 15) is 0 Å². The number of fused-ring (bicyclic) bond motifs is 1. The maximum Gasteiger partial charge on any atom is 0.157 e. The normalized spacial score (nSPS) is 19.1. The molecular weight excluding hydrogens is 306 g/mol. The molecular formula is C13H18BrN5. The first-order valence-corrected chi connectivity index (χ1v) is 7.26. The fraction of sp³-hybridized carbons (Fsp3) is 0.538. The zero-order valence-electron chi connectivity index (χ0n) is 11.4. The standard InChI is InChI=1S/C13H18BrN5/c1-9-6-11(17-19-7-10(14)16-12(9)19)18-5-4-15-13(2,3)8-18/h6-7,15H,4-5,8H2,1-3H3. The van der Waals surface area contributed by atoms with Gasteiger partial charge in [-0.05, 0) is 48.3 Å². The summed E-state index contributed by atoms with van der Waals surface area (Å²) in [7, 11) is 0. The lowest BCUT2D eigenvalue weighted by Crippen LogP contribution is -2.57. The summed E-state index contributed by atoms with van der Waals surface area (Å²) < 4.78 is 2.67. The molecule has 0 saturated carbocycles. The first-order valence-electron chi connectivity index (χ1n) is 6.47. The monoisotopic (exact) mass is 323 g/mol. The van der Waals surface area contributed by atoms with Gasteiger partial charge in [-0.2, -0.15) is 0 Å². The molecule has 2 aromatic rings. The molecule has 102 valence electrons. The van der Waals surface area contributed by atoms with Crippen LogP contribution < -0.4 is 10.2 Å². The van der Waals surface area contributed by atoms with Crippen LogP contribution >= 0.6 is 15.9 Å². The summed E-state index contributed by atoms with van der Waals surface area (Å²) in [6.45, 7) is 9.45. The van der Waals surface area contributed by atoms with Crippen molar-refractivity contribution in [3.05, 3.63) is 22.4 Å². The van der Waals surface area contributed by atoms with Crippen LogP contribution in [0.3, 0.4) is 0 Å². The van der Waals surface area contributed by atoms with E-state index in [4.69, 9.17) is 0 Å². The van der Waals surface area contributed by atoms with Crippen molar-refractivity contribution in [3.8, 4) is 0 Å². The Morgan fingerprint density at radius 3 is 2.95 bits per heavy atom. The first-order chi connectivity index (χ1) is 8.94. The van der Waals surface area contributed by atoms with Crippen LogP contribution in [0.5, 0.6) is 0 Å². The van der Waals surface area contributed by atoms with E-state index in [2.05, 4.69) is 63.1 Å². The van der Waals surface area contributed by atoms with Crippen molar-refractivity contribution >= 4 is 27.4 Å². The molecule has 0 radical (unpaired) electrons. The summed E-state index contributed by atoms with van der Waals surface area (Å²) in [5.74, 6) is 1.02. The fourth-order valence-electron chi connectivity index (χ4n) is 2.58. The second-order valence-electron chi connectivity index (χ2n) is 5.75. The Bertz CT molecular complexity index is 619. The van der Waals surface area contributed by atoms with Gasteiger partial charge in [-0.3, -0.25) is 0 Å². The molecule has 0 unspecified atom stereocenters. The molecule has 2 aromatic heterocycles. The minimum Gasteiger partial charge on any atom is -0.352 e. The zero-order valence-corrected chi connectivity index (χ0v) is 13.0. The van der Waals surface area contributed by atoms with Gasteiger partial charge in [-0.1, -0.05) is 0 Å². The van der Waals surface area contributed by atoms with Crippen molar-refractivity contribution in [1.82, 2.24) is 19.9 Å². The van der Waals surface area contributed by atoms with E-state index < -0.39 is 0 Å². The largest absolute Gasteiger partial charge is 0.352 e. The van der Waals surface area contributed by atoms with Crippen molar-refractivity contribution in [2.24, 2.45) is 0 Å². The lowest BCUT2D eigenvalue weighted by molar-refractivity contribution is 0.351. The third-order valence-corrected chi connectivity index (χ3v) is 3.84. The van der Waals surface area contributed by atoms with Crippen molar-refractivity contribution in [2.75, 3.05) is 24.5 Å². The Labute approximate surface area is 121 Å². The molecule has 5 nitrogen and oxygen atoms in total. The lowest BCUT2D eigenvalue weighted by atomic mass is 10.0. The van der Waals surface area contributed by atoms with Gasteiger partial charge in [0.1, 0.15) is 10.4 Å². The molecule has 1 aliphatic rings. The molecule has 1 fully saturated rings. The van der Waals surface area contributed by atoms with E-state index in [-0.39, 0.29) is 5.54 Å². The summed E-state index contributed by atoms with van der Waals surface area (Å²) in [5, 5.41) is 8.19. The minimum absolute atomic E-state index is 0.123. The van der Waals surface area contributed by atoms with Crippen LogP contribution in [-0.2, 0) is 0 Å². The Kier molecular flexibility index (Phi) is 3.02. The predicted molar refractivity (Wildman–Crippen MR) is 79.7 cm³/mol. The molecule has 0 atom stereocenters. The van der Waals surface area contributed by atoms with Gasteiger partial charge in [0.2, 0.25) is 0 Å². The van der Waals surface area contributed by atoms with E-state index in [1.807, 2.05) is 10.7 Å². The number of imidazole rings is 1. The Morgan fingerprint density at radius 1 is 1.42 bits per heavy atom. The summed E-state index contributed by atoms with van der Waals surface area (Å²) in [6.07, 6.45) is 1.90. The fourth-order valence-corrected chi connectivity index (χ4v) is 2.94. The maximum atomic E-state index is 4.67. The highest BCUT2D eigenvalue weighted by atomic mass is 79.9. The number of halogens is 1. The van der Waals surface area contributed by atoms with Gasteiger partial charge in [-0.25, -0.2) is 9.50 Å². The molecule has 19 heavy (non-hydrogen) atoms. The van der Waals surface area contributed by atoms with Crippen LogP contribution in [0, 0.1) is 6.92 Å². The van der Waals surface area contributed by atoms with E-state index in [0.717, 1.165) is 41.3 Å². The van der Waals surface area contributed by atoms with E-state index >= 15 is 0 Å². The molecule has 1 saturated heterocycles. The molecule has 1 aliphatic heterocycles. The van der Waals surface area contributed by atoms with Crippen molar-refractivity contribution < 1.29 is 0 Å². The van der Waals surface area contributed by atoms with Crippen molar-refractivity contribution in [2.45, 2.75) is 26.3 Å². The molecule has 1 N–H and O–H groups in total. The second-order valence-corrected chi connectivity index (χ2v) is 6.56. The number of anilines is 1. The SMILES string of the molecule is Cc1cc(N2CCNC(C)(C)C2)nn2cc(Br)nc12. The third kappa shape index (κ3) is 2.47. The molecule has 0 aromatic carbocycles. The third-order valence-electron chi connectivity index (χ3n) is 3.46. The van der Waals surface area contributed by atoms with Gasteiger partial charge in [-0.15, -0.1) is 5.10 Å². The number of hydrogen-bond donors (Lipinski definition) is 1. The van der Waals surface area contributed by atoms with Gasteiger partial charge in [0.15, 0.2) is 5.65 Å². The average Bonchev–Trinajstić information content (AvgIpc) is 2.69. The van der Waals surface area contributed by atoms with Crippen LogP contribution in [0.1, 0.15) is 19.4 Å². The molecule has 0 bridgehead atoms. The number of nitrogens with zero attached hydrogens (tertiary/aromatic N) is 4. The first kappa shape index (κ1) is 12.9. The van der Waals surface area contributed by atoms with Gasteiger partial charge in [0.05, 0.1) is 6.20 Å². The van der Waals surface area contributed by atoms with E-state index in [1.54, 1.807) is 0 Å². The van der Waals surface area contributed by atoms with Gasteiger partial charge in [0.25, 0.3) is 0 Å². The highest BCUT2D eigenvalue weighted by Crippen LogP contribution is 2.21. The summed E-state index contributed by atoms with van der Waals surface area (Å²) in [6, 6.07) is 2.12. The highest BCUT2D eigenvalue weighted by Gasteiger charge is 2.26. The van der Waals surface area contributed by atoms with Crippen LogP contribution in [0.4, 0.5) is 5.82 Å². The van der Waals surface area contributed by atoms with Gasteiger partial charge < -0.3 is 10.2 Å². The Morgan fingerprint density at radius 2 is 2.21 bits per heavy atom. The van der Waals surface area contributed by atoms with Crippen LogP contribution in [0.25, 0.3) is 5.65 Å². The molecule has 0 spiro atoms.